The Morgan fingerprint density at radius 1 is 1.71 bits per heavy atom. The third-order valence-corrected chi connectivity index (χ3v) is 12.7. The van der Waals surface area contributed by atoms with Crippen LogP contribution in [0.2, 0.25) is 0 Å². The molecule has 1 aliphatic rings. The monoisotopic (exact) mass is 328 g/mol. The Hall–Kier alpha value is 1.38. The molecule has 0 atom stereocenters. The molecule has 1 heterocycles. The second-order valence-electron chi connectivity index (χ2n) is 1.21. The van der Waals surface area contributed by atoms with Crippen molar-refractivity contribution < 1.29 is 20.7 Å². The SMILES string of the molecule is OI1CCNC[I-]1. The molecule has 4 heteroatoms. The second-order valence-corrected chi connectivity index (χ2v) is 15.4. The molecule has 0 unspecified atom stereocenters. The summed E-state index contributed by atoms with van der Waals surface area (Å²) in [7, 11) is 0. The van der Waals surface area contributed by atoms with Gasteiger partial charge in [0.15, 0.2) is 0 Å². The molecule has 1 saturated heterocycles. The topological polar surface area (TPSA) is 32.3 Å². The molecule has 0 aromatic rings. The van der Waals surface area contributed by atoms with Crippen molar-refractivity contribution in [3.63, 3.8) is 0 Å². The summed E-state index contributed by atoms with van der Waals surface area (Å²) in [5.74, 6) is 0. The fourth-order valence-corrected chi connectivity index (χ4v) is 9.29. The van der Waals surface area contributed by atoms with Crippen LogP contribution in [0.5, 0.6) is 0 Å². The van der Waals surface area contributed by atoms with E-state index < -0.39 is 16.3 Å². The summed E-state index contributed by atoms with van der Waals surface area (Å²) in [5.41, 5.74) is 0. The first kappa shape index (κ1) is 6.50. The predicted molar refractivity (Wildman–Crippen MR) is 34.0 cm³/mol. The Morgan fingerprint density at radius 3 is 2.86 bits per heavy atom. The molecule has 7 heavy (non-hydrogen) atoms. The Kier molecular flexibility index (Phi) is 3.17. The number of alkyl halides is 2. The average molecular weight is 328 g/mol. The summed E-state index contributed by atoms with van der Waals surface area (Å²) in [6.07, 6.45) is 0. The Balaban J connectivity index is 2.12. The van der Waals surface area contributed by atoms with Gasteiger partial charge in [-0.05, 0) is 0 Å². The Bertz CT molecular complexity index is 54.9. The summed E-state index contributed by atoms with van der Waals surface area (Å²) < 4.78 is 11.4. The van der Waals surface area contributed by atoms with Gasteiger partial charge >= 0.3 is 57.8 Å². The zero-order valence-electron chi connectivity index (χ0n) is 3.82. The molecule has 2 N–H and O–H groups in total. The summed E-state index contributed by atoms with van der Waals surface area (Å²) >= 11 is -0.939. The molecule has 1 aliphatic heterocycles. The average Bonchev–Trinajstić information content (AvgIpc) is 1.69. The van der Waals surface area contributed by atoms with Crippen molar-refractivity contribution in [1.82, 2.24) is 5.32 Å². The van der Waals surface area contributed by atoms with Gasteiger partial charge < -0.3 is 0 Å². The standard InChI is InChI=1S/C3H8I2NO/c7-5-1-2-6-3-4-5/h6-7H,1-3H2/q-1. The molecule has 0 aromatic carbocycles. The Morgan fingerprint density at radius 2 is 2.57 bits per heavy atom. The molecule has 1 fully saturated rings. The van der Waals surface area contributed by atoms with Crippen LogP contribution in [0.1, 0.15) is 0 Å². The maximum atomic E-state index is 9.07. The van der Waals surface area contributed by atoms with Crippen LogP contribution in [0.15, 0.2) is 0 Å². The van der Waals surface area contributed by atoms with Crippen LogP contribution in [0.25, 0.3) is 0 Å². The van der Waals surface area contributed by atoms with Crippen LogP contribution in [0, 0.1) is 0 Å². The molecule has 46 valence electrons. The number of hydrogen-bond donors (Lipinski definition) is 2. The van der Waals surface area contributed by atoms with Gasteiger partial charge in [0.1, 0.15) is 0 Å². The van der Waals surface area contributed by atoms with Crippen molar-refractivity contribution in [2.24, 2.45) is 0 Å². The van der Waals surface area contributed by atoms with Crippen molar-refractivity contribution in [3.8, 4) is 0 Å². The van der Waals surface area contributed by atoms with Crippen LogP contribution >= 0.6 is 16.3 Å². The molecule has 0 aromatic heterocycles. The van der Waals surface area contributed by atoms with Gasteiger partial charge in [-0.15, -0.1) is 0 Å². The van der Waals surface area contributed by atoms with Gasteiger partial charge in [-0.3, -0.25) is 0 Å². The minimum atomic E-state index is -1.19. The van der Waals surface area contributed by atoms with Gasteiger partial charge in [-0.2, -0.15) is 0 Å². The van der Waals surface area contributed by atoms with Gasteiger partial charge in [-0.1, -0.05) is 0 Å². The second kappa shape index (κ2) is 3.41. The van der Waals surface area contributed by atoms with Gasteiger partial charge in [0.25, 0.3) is 0 Å². The van der Waals surface area contributed by atoms with Crippen molar-refractivity contribution in [3.05, 3.63) is 0 Å². The van der Waals surface area contributed by atoms with Crippen LogP contribution in [-0.2, 0) is 0 Å². The maximum absolute atomic E-state index is 9.07. The van der Waals surface area contributed by atoms with Gasteiger partial charge in [0.2, 0.25) is 0 Å². The molecule has 0 spiro atoms. The predicted octanol–water partition coefficient (Wildman–Crippen LogP) is -3.04. The molecular weight excluding hydrogens is 320 g/mol. The number of rotatable bonds is 0. The summed E-state index contributed by atoms with van der Waals surface area (Å²) in [4.78, 5) is 0. The normalized spacial score (nSPS) is 29.0. The van der Waals surface area contributed by atoms with E-state index in [1.54, 1.807) is 0 Å². The van der Waals surface area contributed by atoms with Gasteiger partial charge in [-0.25, -0.2) is 0 Å². The minimum absolute atomic E-state index is 0.253. The first-order valence-electron chi connectivity index (χ1n) is 2.05. The zero-order valence-corrected chi connectivity index (χ0v) is 8.14. The van der Waals surface area contributed by atoms with Crippen LogP contribution in [-0.4, -0.2) is 19.0 Å². The van der Waals surface area contributed by atoms with Crippen molar-refractivity contribution in [2.45, 2.75) is 0 Å². The molecule has 0 bridgehead atoms. The number of hydrogen-bond acceptors (Lipinski definition) is 2. The fraction of sp³-hybridized carbons (Fsp3) is 1.00. The van der Waals surface area contributed by atoms with Gasteiger partial charge in [0, 0.05) is 0 Å². The molecule has 1 rings (SSSR count). The Labute approximate surface area is 57.3 Å². The first-order chi connectivity index (χ1) is 3.39. The van der Waals surface area contributed by atoms with E-state index in [0.717, 1.165) is 11.0 Å². The molecule has 0 radical (unpaired) electrons. The van der Waals surface area contributed by atoms with Crippen molar-refractivity contribution in [2.75, 3.05) is 15.5 Å². The van der Waals surface area contributed by atoms with E-state index in [2.05, 4.69) is 5.32 Å². The third kappa shape index (κ3) is 2.43. The van der Waals surface area contributed by atoms with E-state index in [1.807, 2.05) is 0 Å². The number of halogens is 2. The molecular formula is C3H8I2NO-. The molecule has 2 nitrogen and oxygen atoms in total. The van der Waals surface area contributed by atoms with E-state index >= 15 is 0 Å². The van der Waals surface area contributed by atoms with E-state index in [1.165, 1.54) is 4.55 Å². The van der Waals surface area contributed by atoms with E-state index in [9.17, 15) is 0 Å². The van der Waals surface area contributed by atoms with Crippen LogP contribution in [0.4, 0.5) is 0 Å². The molecule has 0 aliphatic carbocycles. The quantitative estimate of drug-likeness (QED) is 0.282. The summed E-state index contributed by atoms with van der Waals surface area (Å²) in [5, 5.41) is 3.24. The van der Waals surface area contributed by atoms with Crippen LogP contribution < -0.4 is 22.5 Å². The van der Waals surface area contributed by atoms with Crippen LogP contribution in [0.3, 0.4) is 0 Å². The van der Waals surface area contributed by atoms with Crippen molar-refractivity contribution >= 4 is 16.3 Å². The molecule has 0 amide bonds. The number of nitrogens with one attached hydrogen (secondary N) is 1. The molecule has 0 saturated carbocycles. The fourth-order valence-electron chi connectivity index (χ4n) is 0.356. The third-order valence-electron chi connectivity index (χ3n) is 0.689. The van der Waals surface area contributed by atoms with E-state index in [0.29, 0.717) is 0 Å². The van der Waals surface area contributed by atoms with E-state index in [-0.39, 0.29) is 17.2 Å². The zero-order chi connectivity index (χ0) is 5.11. The first-order valence-corrected chi connectivity index (χ1v) is 12.4. The summed E-state index contributed by atoms with van der Waals surface area (Å²) in [6, 6.07) is 0. The summed E-state index contributed by atoms with van der Waals surface area (Å²) in [6.45, 7) is 1.08. The van der Waals surface area contributed by atoms with E-state index in [4.69, 9.17) is 3.44 Å². The van der Waals surface area contributed by atoms with Gasteiger partial charge in [0.05, 0.1) is 0 Å². The van der Waals surface area contributed by atoms with Crippen molar-refractivity contribution in [1.29, 1.82) is 0 Å².